The summed E-state index contributed by atoms with van der Waals surface area (Å²) in [5.74, 6) is 0.935. The predicted octanol–water partition coefficient (Wildman–Crippen LogP) is 3.09. The summed E-state index contributed by atoms with van der Waals surface area (Å²) >= 11 is 0. The Balaban J connectivity index is 1.93. The monoisotopic (exact) mass is 290 g/mol. The number of benzene rings is 1. The van der Waals surface area contributed by atoms with Gasteiger partial charge in [0.05, 0.1) is 7.11 Å². The Kier molecular flexibility index (Phi) is 5.65. The second kappa shape index (κ2) is 7.28. The topological polar surface area (TPSA) is 24.5 Å². The smallest absolute Gasteiger partial charge is 0.118 e. The summed E-state index contributed by atoms with van der Waals surface area (Å²) in [6.45, 7) is 10.3. The molecule has 1 aromatic carbocycles. The molecule has 3 nitrogen and oxygen atoms in total. The van der Waals surface area contributed by atoms with Gasteiger partial charge in [0.1, 0.15) is 5.75 Å². The minimum atomic E-state index is 0.312. The highest BCUT2D eigenvalue weighted by atomic mass is 16.5. The first kappa shape index (κ1) is 16.3. The van der Waals surface area contributed by atoms with E-state index in [2.05, 4.69) is 55.3 Å². The maximum Gasteiger partial charge on any atom is 0.118 e. The zero-order chi connectivity index (χ0) is 15.3. The van der Waals surface area contributed by atoms with E-state index in [1.807, 2.05) is 0 Å². The van der Waals surface area contributed by atoms with Crippen molar-refractivity contribution >= 4 is 0 Å². The van der Waals surface area contributed by atoms with Crippen LogP contribution in [-0.2, 0) is 6.42 Å². The van der Waals surface area contributed by atoms with Crippen molar-refractivity contribution in [1.29, 1.82) is 0 Å². The van der Waals surface area contributed by atoms with E-state index in [4.69, 9.17) is 4.74 Å². The van der Waals surface area contributed by atoms with Gasteiger partial charge in [-0.25, -0.2) is 0 Å². The highest BCUT2D eigenvalue weighted by Gasteiger charge is 2.34. The summed E-state index contributed by atoms with van der Waals surface area (Å²) in [6.07, 6.45) is 3.52. The lowest BCUT2D eigenvalue weighted by Gasteiger charge is -2.46. The van der Waals surface area contributed by atoms with Gasteiger partial charge >= 0.3 is 0 Å². The molecule has 2 rings (SSSR count). The maximum absolute atomic E-state index is 5.22. The number of ether oxygens (including phenoxy) is 1. The predicted molar refractivity (Wildman–Crippen MR) is 89.0 cm³/mol. The Morgan fingerprint density at radius 2 is 1.90 bits per heavy atom. The van der Waals surface area contributed by atoms with Crippen LogP contribution in [0.1, 0.15) is 39.2 Å². The molecule has 118 valence electrons. The van der Waals surface area contributed by atoms with Crippen LogP contribution < -0.4 is 10.1 Å². The van der Waals surface area contributed by atoms with Gasteiger partial charge in [-0.05, 0) is 43.9 Å². The summed E-state index contributed by atoms with van der Waals surface area (Å²) in [6, 6.07) is 9.09. The number of hydrogen-bond donors (Lipinski definition) is 1. The van der Waals surface area contributed by atoms with Crippen molar-refractivity contribution in [3.8, 4) is 5.75 Å². The lowest BCUT2D eigenvalue weighted by Crippen LogP contribution is -2.63. The number of methoxy groups -OCH3 is 1. The first-order valence-corrected chi connectivity index (χ1v) is 8.24. The van der Waals surface area contributed by atoms with Crippen LogP contribution in [0.5, 0.6) is 5.75 Å². The van der Waals surface area contributed by atoms with Crippen LogP contribution in [0.3, 0.4) is 0 Å². The van der Waals surface area contributed by atoms with E-state index in [1.165, 1.54) is 18.4 Å². The van der Waals surface area contributed by atoms with Crippen LogP contribution in [0.25, 0.3) is 0 Å². The fraction of sp³-hybridized carbons (Fsp3) is 0.667. The fourth-order valence-electron chi connectivity index (χ4n) is 3.18. The van der Waals surface area contributed by atoms with E-state index in [0.717, 1.165) is 31.8 Å². The third-order valence-corrected chi connectivity index (χ3v) is 5.10. The molecule has 1 atom stereocenters. The normalized spacial score (nSPS) is 22.2. The Hall–Kier alpha value is -1.06. The molecule has 0 aromatic heterocycles. The van der Waals surface area contributed by atoms with E-state index in [9.17, 15) is 0 Å². The van der Waals surface area contributed by atoms with Gasteiger partial charge < -0.3 is 10.1 Å². The summed E-state index contributed by atoms with van der Waals surface area (Å²) in [4.78, 5) is 2.65. The van der Waals surface area contributed by atoms with Crippen LogP contribution >= 0.6 is 0 Å². The van der Waals surface area contributed by atoms with Crippen LogP contribution in [0.15, 0.2) is 24.3 Å². The van der Waals surface area contributed by atoms with Crippen molar-refractivity contribution in [2.45, 2.75) is 51.6 Å². The van der Waals surface area contributed by atoms with Crippen LogP contribution in [0.2, 0.25) is 0 Å². The van der Waals surface area contributed by atoms with Crippen LogP contribution in [0.4, 0.5) is 0 Å². The average molecular weight is 290 g/mol. The maximum atomic E-state index is 5.22. The molecule has 1 aliphatic rings. The molecule has 1 unspecified atom stereocenters. The molecule has 0 saturated carbocycles. The Bertz CT molecular complexity index is 425. The molecule has 0 radical (unpaired) electrons. The lowest BCUT2D eigenvalue weighted by molar-refractivity contribution is 0.0819. The van der Waals surface area contributed by atoms with Crippen molar-refractivity contribution in [3.63, 3.8) is 0 Å². The first-order valence-electron chi connectivity index (χ1n) is 8.24. The molecule has 21 heavy (non-hydrogen) atoms. The van der Waals surface area contributed by atoms with Gasteiger partial charge in [0.2, 0.25) is 0 Å². The second-order valence-electron chi connectivity index (χ2n) is 6.29. The fourth-order valence-corrected chi connectivity index (χ4v) is 3.18. The zero-order valence-corrected chi connectivity index (χ0v) is 14.0. The number of piperazine rings is 1. The van der Waals surface area contributed by atoms with Gasteiger partial charge in [0.25, 0.3) is 0 Å². The van der Waals surface area contributed by atoms with E-state index in [-0.39, 0.29) is 0 Å². The Labute approximate surface area is 129 Å². The Morgan fingerprint density at radius 1 is 1.24 bits per heavy atom. The quantitative estimate of drug-likeness (QED) is 0.871. The van der Waals surface area contributed by atoms with Crippen molar-refractivity contribution in [1.82, 2.24) is 10.2 Å². The molecule has 1 aromatic rings. The zero-order valence-electron chi connectivity index (χ0n) is 14.0. The van der Waals surface area contributed by atoms with E-state index >= 15 is 0 Å². The number of nitrogens with one attached hydrogen (secondary N) is 1. The van der Waals surface area contributed by atoms with Gasteiger partial charge in [0.15, 0.2) is 0 Å². The third-order valence-electron chi connectivity index (χ3n) is 5.10. The summed E-state index contributed by atoms with van der Waals surface area (Å²) in [5.41, 5.74) is 1.70. The van der Waals surface area contributed by atoms with Gasteiger partial charge in [-0.1, -0.05) is 26.0 Å². The summed E-state index contributed by atoms with van der Waals surface area (Å²) in [7, 11) is 1.71. The molecule has 1 saturated heterocycles. The highest BCUT2D eigenvalue weighted by Crippen LogP contribution is 2.23. The molecular weight excluding hydrogens is 260 g/mol. The largest absolute Gasteiger partial charge is 0.497 e. The van der Waals surface area contributed by atoms with Crippen molar-refractivity contribution in [2.75, 3.05) is 26.7 Å². The number of rotatable bonds is 6. The average Bonchev–Trinajstić information content (AvgIpc) is 2.55. The van der Waals surface area contributed by atoms with Gasteiger partial charge in [-0.2, -0.15) is 0 Å². The molecule has 0 bridgehead atoms. The third kappa shape index (κ3) is 3.98. The molecule has 3 heteroatoms. The molecule has 1 N–H and O–H groups in total. The lowest BCUT2D eigenvalue weighted by atomic mass is 9.88. The molecule has 1 aliphatic heterocycles. The van der Waals surface area contributed by atoms with E-state index in [1.54, 1.807) is 7.11 Å². The van der Waals surface area contributed by atoms with Gasteiger partial charge in [0, 0.05) is 31.2 Å². The van der Waals surface area contributed by atoms with E-state index in [0.29, 0.717) is 11.6 Å². The molecule has 0 spiro atoms. The summed E-state index contributed by atoms with van der Waals surface area (Å²) in [5, 5.41) is 3.77. The van der Waals surface area contributed by atoms with Gasteiger partial charge in [-0.3, -0.25) is 4.90 Å². The van der Waals surface area contributed by atoms with Crippen molar-refractivity contribution < 1.29 is 4.74 Å². The molecule has 0 amide bonds. The molecular formula is C18H30N2O. The first-order chi connectivity index (χ1) is 10.1. The highest BCUT2D eigenvalue weighted by molar-refractivity contribution is 5.27. The minimum absolute atomic E-state index is 0.312. The number of hydrogen-bond acceptors (Lipinski definition) is 3. The Morgan fingerprint density at radius 3 is 2.48 bits per heavy atom. The second-order valence-corrected chi connectivity index (χ2v) is 6.29. The standard InChI is InChI=1S/C18H30N2O/c1-5-18(6-2)14-20(15(3)13-19-18)12-11-16-7-9-17(21-4)10-8-16/h7-10,15,19H,5-6,11-14H2,1-4H3. The number of nitrogens with zero attached hydrogens (tertiary/aromatic N) is 1. The van der Waals surface area contributed by atoms with Crippen LogP contribution in [-0.4, -0.2) is 43.2 Å². The van der Waals surface area contributed by atoms with E-state index < -0.39 is 0 Å². The molecule has 0 aliphatic carbocycles. The van der Waals surface area contributed by atoms with Crippen molar-refractivity contribution in [3.05, 3.63) is 29.8 Å². The van der Waals surface area contributed by atoms with Gasteiger partial charge in [-0.15, -0.1) is 0 Å². The molecule has 1 heterocycles. The summed E-state index contributed by atoms with van der Waals surface area (Å²) < 4.78 is 5.22. The SMILES string of the molecule is CCC1(CC)CN(CCc2ccc(OC)cc2)C(C)CN1. The van der Waals surface area contributed by atoms with Crippen molar-refractivity contribution in [2.24, 2.45) is 0 Å². The minimum Gasteiger partial charge on any atom is -0.497 e. The van der Waals surface area contributed by atoms with Crippen LogP contribution in [0, 0.1) is 0 Å². The molecule has 1 fully saturated rings.